The molecule has 88 valence electrons. The Hall–Kier alpha value is -1.62. The maximum atomic E-state index is 10.4. The van der Waals surface area contributed by atoms with Crippen LogP contribution in [0.15, 0.2) is 39.4 Å². The van der Waals surface area contributed by atoms with Crippen LogP contribution in [0.25, 0.3) is 11.5 Å². The topological polar surface area (TPSA) is 63.3 Å². The number of carbonyl (C=O) groups is 1. The zero-order chi connectivity index (χ0) is 12.3. The van der Waals surface area contributed by atoms with Crippen LogP contribution >= 0.6 is 15.9 Å². The Kier molecular flexibility index (Phi) is 3.58. The van der Waals surface area contributed by atoms with Crippen LogP contribution < -0.4 is 0 Å². The number of nitrogens with zero attached hydrogens (tertiary/aromatic N) is 1. The number of rotatable bonds is 4. The fourth-order valence-electron chi connectivity index (χ4n) is 1.41. The largest absolute Gasteiger partial charge is 0.481 e. The molecule has 0 amide bonds. The fourth-order valence-corrected chi connectivity index (χ4v) is 1.81. The van der Waals surface area contributed by atoms with Gasteiger partial charge in [0.2, 0.25) is 5.89 Å². The number of carboxylic acid groups (broad SMARTS) is 1. The van der Waals surface area contributed by atoms with E-state index in [0.717, 1.165) is 10.0 Å². The molecule has 0 atom stereocenters. The van der Waals surface area contributed by atoms with E-state index in [9.17, 15) is 4.79 Å². The van der Waals surface area contributed by atoms with Gasteiger partial charge in [-0.15, -0.1) is 0 Å². The summed E-state index contributed by atoms with van der Waals surface area (Å²) in [6, 6.07) is 7.59. The maximum Gasteiger partial charge on any atom is 0.303 e. The molecule has 5 heteroatoms. The summed E-state index contributed by atoms with van der Waals surface area (Å²) in [6.45, 7) is 0. The van der Waals surface area contributed by atoms with Gasteiger partial charge in [-0.3, -0.25) is 4.79 Å². The van der Waals surface area contributed by atoms with Crippen LogP contribution in [0.5, 0.6) is 0 Å². The van der Waals surface area contributed by atoms with Crippen molar-refractivity contribution in [1.82, 2.24) is 4.98 Å². The molecule has 0 bridgehead atoms. The number of aliphatic carboxylic acids is 1. The zero-order valence-electron chi connectivity index (χ0n) is 8.89. The second kappa shape index (κ2) is 5.14. The zero-order valence-corrected chi connectivity index (χ0v) is 10.5. The molecule has 0 aliphatic heterocycles. The van der Waals surface area contributed by atoms with E-state index in [1.54, 1.807) is 0 Å². The molecule has 0 unspecified atom stereocenters. The minimum atomic E-state index is -0.836. The van der Waals surface area contributed by atoms with Crippen LogP contribution in [-0.4, -0.2) is 16.1 Å². The van der Waals surface area contributed by atoms with Crippen molar-refractivity contribution < 1.29 is 14.3 Å². The van der Waals surface area contributed by atoms with Gasteiger partial charge in [-0.05, 0) is 18.2 Å². The van der Waals surface area contributed by atoms with Crippen LogP contribution in [0.1, 0.15) is 12.1 Å². The highest BCUT2D eigenvalue weighted by molar-refractivity contribution is 9.10. The van der Waals surface area contributed by atoms with Gasteiger partial charge < -0.3 is 9.52 Å². The molecule has 1 aromatic carbocycles. The highest BCUT2D eigenvalue weighted by Crippen LogP contribution is 2.22. The molecule has 1 N–H and O–H groups in total. The van der Waals surface area contributed by atoms with Crippen LogP contribution in [0.2, 0.25) is 0 Å². The van der Waals surface area contributed by atoms with E-state index in [2.05, 4.69) is 20.9 Å². The average Bonchev–Trinajstić information content (AvgIpc) is 2.75. The second-order valence-electron chi connectivity index (χ2n) is 3.55. The lowest BCUT2D eigenvalue weighted by Gasteiger charge is -1.95. The van der Waals surface area contributed by atoms with Gasteiger partial charge in [0.25, 0.3) is 0 Å². The standard InChI is InChI=1S/C12H10BrNO3/c13-9-3-1-2-8(6-9)12-14-10(7-17-12)4-5-11(15)16/h1-3,6-7H,4-5H2,(H,15,16). The minimum Gasteiger partial charge on any atom is -0.481 e. The molecule has 0 aliphatic rings. The number of halogens is 1. The molecule has 0 radical (unpaired) electrons. The highest BCUT2D eigenvalue weighted by Gasteiger charge is 2.08. The van der Waals surface area contributed by atoms with E-state index in [4.69, 9.17) is 9.52 Å². The van der Waals surface area contributed by atoms with Gasteiger partial charge in [-0.2, -0.15) is 0 Å². The predicted molar refractivity (Wildman–Crippen MR) is 65.6 cm³/mol. The van der Waals surface area contributed by atoms with Crippen molar-refractivity contribution in [3.63, 3.8) is 0 Å². The molecule has 1 aromatic heterocycles. The van der Waals surface area contributed by atoms with Crippen LogP contribution in [0.3, 0.4) is 0 Å². The lowest BCUT2D eigenvalue weighted by molar-refractivity contribution is -0.136. The lowest BCUT2D eigenvalue weighted by atomic mass is 10.2. The normalized spacial score (nSPS) is 10.4. The van der Waals surface area contributed by atoms with Crippen LogP contribution in [0.4, 0.5) is 0 Å². The molecule has 2 rings (SSSR count). The molecule has 0 spiro atoms. The molecular weight excluding hydrogens is 286 g/mol. The van der Waals surface area contributed by atoms with E-state index >= 15 is 0 Å². The van der Waals surface area contributed by atoms with E-state index < -0.39 is 5.97 Å². The molecule has 17 heavy (non-hydrogen) atoms. The highest BCUT2D eigenvalue weighted by atomic mass is 79.9. The fraction of sp³-hybridized carbons (Fsp3) is 0.167. The molecule has 4 nitrogen and oxygen atoms in total. The molecule has 0 aliphatic carbocycles. The van der Waals surface area contributed by atoms with Crippen molar-refractivity contribution in [2.24, 2.45) is 0 Å². The van der Waals surface area contributed by atoms with E-state index in [-0.39, 0.29) is 6.42 Å². The summed E-state index contributed by atoms with van der Waals surface area (Å²) >= 11 is 3.37. The van der Waals surface area contributed by atoms with E-state index in [1.165, 1.54) is 6.26 Å². The van der Waals surface area contributed by atoms with Gasteiger partial charge in [0, 0.05) is 16.5 Å². The number of benzene rings is 1. The molecule has 0 fully saturated rings. The van der Waals surface area contributed by atoms with Crippen LogP contribution in [-0.2, 0) is 11.2 Å². The van der Waals surface area contributed by atoms with Gasteiger partial charge in [-0.1, -0.05) is 22.0 Å². The number of hydrogen-bond acceptors (Lipinski definition) is 3. The Labute approximate surface area is 106 Å². The van der Waals surface area contributed by atoms with Crippen LogP contribution in [0, 0.1) is 0 Å². The monoisotopic (exact) mass is 295 g/mol. The van der Waals surface area contributed by atoms with Crippen molar-refractivity contribution in [2.45, 2.75) is 12.8 Å². The Morgan fingerprint density at radius 2 is 2.29 bits per heavy atom. The third-order valence-corrected chi connectivity index (χ3v) is 2.71. The summed E-state index contributed by atoms with van der Waals surface area (Å²) in [4.78, 5) is 14.7. The summed E-state index contributed by atoms with van der Waals surface area (Å²) in [7, 11) is 0. The van der Waals surface area contributed by atoms with Gasteiger partial charge in [0.05, 0.1) is 12.1 Å². The molecule has 0 saturated carbocycles. The first-order valence-corrected chi connectivity index (χ1v) is 5.86. The SMILES string of the molecule is O=C(O)CCc1coc(-c2cccc(Br)c2)n1. The summed E-state index contributed by atoms with van der Waals surface area (Å²) in [5.74, 6) is -0.330. The maximum absolute atomic E-state index is 10.4. The van der Waals surface area contributed by atoms with Crippen molar-refractivity contribution in [1.29, 1.82) is 0 Å². The number of oxazole rings is 1. The Bertz CT molecular complexity index is 536. The number of aryl methyl sites for hydroxylation is 1. The van der Waals surface area contributed by atoms with Crippen molar-refractivity contribution in [2.75, 3.05) is 0 Å². The second-order valence-corrected chi connectivity index (χ2v) is 4.46. The summed E-state index contributed by atoms with van der Waals surface area (Å²) in [6.07, 6.45) is 1.94. The average molecular weight is 296 g/mol. The first-order valence-electron chi connectivity index (χ1n) is 5.07. The van der Waals surface area contributed by atoms with Gasteiger partial charge >= 0.3 is 5.97 Å². The first kappa shape index (κ1) is 11.9. The lowest BCUT2D eigenvalue weighted by Crippen LogP contribution is -1.97. The smallest absolute Gasteiger partial charge is 0.303 e. The van der Waals surface area contributed by atoms with Crippen molar-refractivity contribution in [3.05, 3.63) is 40.7 Å². The first-order chi connectivity index (χ1) is 8.15. The van der Waals surface area contributed by atoms with Crippen molar-refractivity contribution >= 4 is 21.9 Å². The third kappa shape index (κ3) is 3.17. The molecule has 2 aromatic rings. The summed E-state index contributed by atoms with van der Waals surface area (Å²) in [5.41, 5.74) is 1.52. The number of carboxylic acids is 1. The predicted octanol–water partition coefficient (Wildman–Crippen LogP) is 3.12. The Balaban J connectivity index is 2.15. The van der Waals surface area contributed by atoms with Crippen molar-refractivity contribution in [3.8, 4) is 11.5 Å². The van der Waals surface area contributed by atoms with E-state index in [1.807, 2.05) is 24.3 Å². The number of aromatic nitrogens is 1. The van der Waals surface area contributed by atoms with Gasteiger partial charge in [0.1, 0.15) is 6.26 Å². The van der Waals surface area contributed by atoms with Gasteiger partial charge in [0.15, 0.2) is 0 Å². The molecule has 0 saturated heterocycles. The molecule has 1 heterocycles. The Morgan fingerprint density at radius 3 is 3.00 bits per heavy atom. The number of hydrogen-bond donors (Lipinski definition) is 1. The quantitative estimate of drug-likeness (QED) is 0.941. The van der Waals surface area contributed by atoms with E-state index in [0.29, 0.717) is 18.0 Å². The summed E-state index contributed by atoms with van der Waals surface area (Å²) < 4.78 is 6.26. The molecular formula is C12H10BrNO3. The summed E-state index contributed by atoms with van der Waals surface area (Å²) in [5, 5.41) is 8.57. The minimum absolute atomic E-state index is 0.0600. The Morgan fingerprint density at radius 1 is 1.47 bits per heavy atom. The third-order valence-electron chi connectivity index (χ3n) is 2.22. The van der Waals surface area contributed by atoms with Gasteiger partial charge in [-0.25, -0.2) is 4.98 Å².